The van der Waals surface area contributed by atoms with Crippen molar-refractivity contribution in [3.05, 3.63) is 58.3 Å². The van der Waals surface area contributed by atoms with Crippen LogP contribution < -0.4 is 4.90 Å². The zero-order valence-corrected chi connectivity index (χ0v) is 17.2. The molecule has 0 amide bonds. The number of hydrogen-bond donors (Lipinski definition) is 0. The van der Waals surface area contributed by atoms with Crippen molar-refractivity contribution in [2.45, 2.75) is 44.6 Å². The van der Waals surface area contributed by atoms with Crippen molar-refractivity contribution in [3.8, 4) is 0 Å². The number of pyridine rings is 1. The lowest BCUT2D eigenvalue weighted by Crippen LogP contribution is -2.51. The minimum Gasteiger partial charge on any atom is -0.368 e. The Kier molecular flexibility index (Phi) is 5.60. The minimum absolute atomic E-state index is 0.764. The van der Waals surface area contributed by atoms with Gasteiger partial charge < -0.3 is 4.90 Å². The van der Waals surface area contributed by atoms with Crippen LogP contribution in [0, 0.1) is 6.92 Å². The Morgan fingerprint density at radius 1 is 0.962 bits per heavy atom. The predicted octanol–water partition coefficient (Wildman–Crippen LogP) is 5.00. The molecule has 1 aromatic heterocycles. The molecule has 4 heteroatoms. The first-order valence-corrected chi connectivity index (χ1v) is 10.6. The number of piperazine rings is 1. The summed E-state index contributed by atoms with van der Waals surface area (Å²) >= 11 is 3.53. The van der Waals surface area contributed by atoms with Crippen LogP contribution in [0.4, 0.5) is 5.69 Å². The third kappa shape index (κ3) is 4.12. The zero-order valence-electron chi connectivity index (χ0n) is 15.6. The number of halogens is 1. The molecular formula is C22H28BrN3. The second-order valence-corrected chi connectivity index (χ2v) is 8.72. The molecule has 1 aromatic carbocycles. The average molecular weight is 414 g/mol. The summed E-state index contributed by atoms with van der Waals surface area (Å²) in [6.07, 6.45) is 9.20. The maximum atomic E-state index is 4.31. The highest BCUT2D eigenvalue weighted by atomic mass is 79.9. The third-order valence-electron chi connectivity index (χ3n) is 6.10. The fourth-order valence-corrected chi connectivity index (χ4v) is 4.97. The van der Waals surface area contributed by atoms with E-state index in [0.29, 0.717) is 0 Å². The molecule has 0 atom stereocenters. The molecule has 1 saturated heterocycles. The van der Waals surface area contributed by atoms with Gasteiger partial charge in [-0.3, -0.25) is 9.88 Å². The number of benzene rings is 1. The Labute approximate surface area is 165 Å². The van der Waals surface area contributed by atoms with Crippen molar-refractivity contribution in [3.63, 3.8) is 0 Å². The Balaban J connectivity index is 1.29. The number of anilines is 1. The van der Waals surface area contributed by atoms with Crippen LogP contribution in [0.2, 0.25) is 0 Å². The van der Waals surface area contributed by atoms with Crippen molar-refractivity contribution in [2.24, 2.45) is 0 Å². The number of aromatic nitrogens is 1. The molecule has 3 nitrogen and oxygen atoms in total. The van der Waals surface area contributed by atoms with E-state index in [0.717, 1.165) is 29.5 Å². The van der Waals surface area contributed by atoms with Gasteiger partial charge in [0.15, 0.2) is 0 Å². The highest BCUT2D eigenvalue weighted by molar-refractivity contribution is 9.10. The first kappa shape index (κ1) is 18.0. The van der Waals surface area contributed by atoms with Crippen LogP contribution in [0.5, 0.6) is 0 Å². The fourth-order valence-electron chi connectivity index (χ4n) is 4.62. The van der Waals surface area contributed by atoms with Gasteiger partial charge in [0.1, 0.15) is 0 Å². The molecule has 1 saturated carbocycles. The third-order valence-corrected chi connectivity index (χ3v) is 6.53. The van der Waals surface area contributed by atoms with Crippen LogP contribution >= 0.6 is 15.9 Å². The van der Waals surface area contributed by atoms with Gasteiger partial charge >= 0.3 is 0 Å². The molecule has 26 heavy (non-hydrogen) atoms. The van der Waals surface area contributed by atoms with Crippen LogP contribution in [0.25, 0.3) is 0 Å². The topological polar surface area (TPSA) is 19.4 Å². The van der Waals surface area contributed by atoms with Gasteiger partial charge in [-0.1, -0.05) is 29.8 Å². The largest absolute Gasteiger partial charge is 0.368 e. The van der Waals surface area contributed by atoms with E-state index in [1.54, 1.807) is 5.56 Å². The predicted molar refractivity (Wildman–Crippen MR) is 112 cm³/mol. The lowest BCUT2D eigenvalue weighted by atomic mass is 9.81. The van der Waals surface area contributed by atoms with E-state index in [2.05, 4.69) is 68.0 Å². The lowest BCUT2D eigenvalue weighted by Gasteiger charge is -2.42. The Bertz CT molecular complexity index is 668. The van der Waals surface area contributed by atoms with Crippen molar-refractivity contribution in [1.82, 2.24) is 9.88 Å². The summed E-state index contributed by atoms with van der Waals surface area (Å²) in [5, 5.41) is 0. The first-order valence-electron chi connectivity index (χ1n) is 9.85. The van der Waals surface area contributed by atoms with E-state index in [-0.39, 0.29) is 0 Å². The van der Waals surface area contributed by atoms with Crippen molar-refractivity contribution in [1.29, 1.82) is 0 Å². The summed E-state index contributed by atoms with van der Waals surface area (Å²) < 4.78 is 1.06. The molecule has 2 heterocycles. The van der Waals surface area contributed by atoms with E-state index in [1.807, 2.05) is 12.4 Å². The molecule has 0 bridgehead atoms. The van der Waals surface area contributed by atoms with E-state index in [1.165, 1.54) is 50.0 Å². The number of nitrogens with zero attached hydrogens (tertiary/aromatic N) is 3. The Hall–Kier alpha value is -1.39. The maximum Gasteiger partial charge on any atom is 0.0564 e. The Morgan fingerprint density at radius 3 is 2.42 bits per heavy atom. The zero-order chi connectivity index (χ0) is 17.9. The summed E-state index contributed by atoms with van der Waals surface area (Å²) in [6.45, 7) is 6.76. The first-order chi connectivity index (χ1) is 12.7. The van der Waals surface area contributed by atoms with Gasteiger partial charge in [-0.25, -0.2) is 0 Å². The van der Waals surface area contributed by atoms with Gasteiger partial charge in [0.25, 0.3) is 0 Å². The maximum absolute atomic E-state index is 4.31. The Morgan fingerprint density at radius 2 is 1.73 bits per heavy atom. The number of aryl methyl sites for hydroxylation is 1. The summed E-state index contributed by atoms with van der Waals surface area (Å²) in [4.78, 5) is 9.50. The average Bonchev–Trinajstić information content (AvgIpc) is 2.68. The standard InChI is InChI=1S/C22H28BrN3/c1-17-3-2-4-19(13-17)18-5-7-21(8-6-18)25-9-11-26(12-10-25)22-14-20(23)15-24-16-22/h2-4,13-16,18,21H,5-12H2,1H3. The van der Waals surface area contributed by atoms with Crippen molar-refractivity contribution < 1.29 is 0 Å². The number of hydrogen-bond acceptors (Lipinski definition) is 3. The normalized spacial score (nSPS) is 24.6. The summed E-state index contributed by atoms with van der Waals surface area (Å²) in [6, 6.07) is 12.1. The van der Waals surface area contributed by atoms with Gasteiger partial charge in [0, 0.05) is 42.9 Å². The van der Waals surface area contributed by atoms with Crippen LogP contribution in [-0.2, 0) is 0 Å². The van der Waals surface area contributed by atoms with Crippen LogP contribution in [0.15, 0.2) is 47.2 Å². The molecule has 2 fully saturated rings. The number of rotatable bonds is 3. The van der Waals surface area contributed by atoms with E-state index >= 15 is 0 Å². The molecule has 1 aliphatic carbocycles. The summed E-state index contributed by atoms with van der Waals surface area (Å²) in [5.41, 5.74) is 4.18. The molecule has 4 rings (SSSR count). The quantitative estimate of drug-likeness (QED) is 0.705. The van der Waals surface area contributed by atoms with Gasteiger partial charge in [0.2, 0.25) is 0 Å². The van der Waals surface area contributed by atoms with Gasteiger partial charge in [0.05, 0.1) is 11.9 Å². The minimum atomic E-state index is 0.764. The van der Waals surface area contributed by atoms with Crippen LogP contribution in [0.1, 0.15) is 42.7 Å². The molecule has 2 aromatic rings. The highest BCUT2D eigenvalue weighted by Crippen LogP contribution is 2.35. The smallest absolute Gasteiger partial charge is 0.0564 e. The molecule has 0 unspecified atom stereocenters. The van der Waals surface area contributed by atoms with Gasteiger partial charge in [-0.2, -0.15) is 0 Å². The molecule has 0 radical (unpaired) electrons. The highest BCUT2D eigenvalue weighted by Gasteiger charge is 2.29. The second-order valence-electron chi connectivity index (χ2n) is 7.80. The molecule has 138 valence electrons. The van der Waals surface area contributed by atoms with Crippen LogP contribution in [0.3, 0.4) is 0 Å². The van der Waals surface area contributed by atoms with E-state index < -0.39 is 0 Å². The van der Waals surface area contributed by atoms with Gasteiger partial charge in [-0.05, 0) is 66.1 Å². The lowest BCUT2D eigenvalue weighted by molar-refractivity contribution is 0.141. The molecule has 2 aliphatic rings. The van der Waals surface area contributed by atoms with Crippen molar-refractivity contribution >= 4 is 21.6 Å². The molecule has 0 N–H and O–H groups in total. The molecule has 1 aliphatic heterocycles. The van der Waals surface area contributed by atoms with Gasteiger partial charge in [-0.15, -0.1) is 0 Å². The summed E-state index contributed by atoms with van der Waals surface area (Å²) in [7, 11) is 0. The monoisotopic (exact) mass is 413 g/mol. The summed E-state index contributed by atoms with van der Waals surface area (Å²) in [5.74, 6) is 0.764. The second kappa shape index (κ2) is 8.10. The molecule has 0 spiro atoms. The fraction of sp³-hybridized carbons (Fsp3) is 0.500. The molecular weight excluding hydrogens is 386 g/mol. The van der Waals surface area contributed by atoms with Crippen LogP contribution in [-0.4, -0.2) is 42.1 Å². The van der Waals surface area contributed by atoms with E-state index in [4.69, 9.17) is 0 Å². The van der Waals surface area contributed by atoms with Crippen molar-refractivity contribution in [2.75, 3.05) is 31.1 Å². The SMILES string of the molecule is Cc1cccc(C2CCC(N3CCN(c4cncc(Br)c4)CC3)CC2)c1. The van der Waals surface area contributed by atoms with E-state index in [9.17, 15) is 0 Å².